The van der Waals surface area contributed by atoms with E-state index in [4.69, 9.17) is 0 Å². The van der Waals surface area contributed by atoms with Crippen molar-refractivity contribution in [1.29, 1.82) is 0 Å². The molecule has 0 aromatic heterocycles. The van der Waals surface area contributed by atoms with E-state index in [-0.39, 0.29) is 35.2 Å². The quantitative estimate of drug-likeness (QED) is 0.165. The molecular formula is C50H44O2. The second kappa shape index (κ2) is 14.0. The molecular weight excluding hydrogens is 633 g/mol. The van der Waals surface area contributed by atoms with E-state index >= 15 is 9.59 Å². The predicted octanol–water partition coefficient (Wildman–Crippen LogP) is 10.3. The molecule has 9 aliphatic carbocycles. The Bertz CT molecular complexity index is 2060. The van der Waals surface area contributed by atoms with E-state index in [2.05, 4.69) is 84.9 Å². The van der Waals surface area contributed by atoms with Crippen LogP contribution in [0.5, 0.6) is 0 Å². The summed E-state index contributed by atoms with van der Waals surface area (Å²) in [5.74, 6) is -0.890. The minimum Gasteiger partial charge on any atom is -0.294 e. The zero-order valence-electron chi connectivity index (χ0n) is 29.6. The Kier molecular flexibility index (Phi) is 8.76. The second-order valence-electron chi connectivity index (χ2n) is 15.3. The maximum Gasteiger partial charge on any atom is 0.167 e. The lowest BCUT2D eigenvalue weighted by Gasteiger charge is -2.52. The van der Waals surface area contributed by atoms with Crippen molar-refractivity contribution in [2.75, 3.05) is 0 Å². The number of hydrogen-bond donors (Lipinski definition) is 0. The lowest BCUT2D eigenvalue weighted by atomic mass is 9.48. The maximum absolute atomic E-state index is 15.1. The van der Waals surface area contributed by atoms with Crippen molar-refractivity contribution in [3.05, 3.63) is 212 Å². The number of Topliss-reactive ketones (excluding diaryl/α,β-unsaturated/α-hetero) is 2. The minimum atomic E-state index is -0.361. The van der Waals surface area contributed by atoms with Gasteiger partial charge in [-0.25, -0.2) is 0 Å². The molecule has 0 spiro atoms. The summed E-state index contributed by atoms with van der Waals surface area (Å²) in [5.41, 5.74) is 14.2. The zero-order valence-corrected chi connectivity index (χ0v) is 29.6. The van der Waals surface area contributed by atoms with E-state index in [9.17, 15) is 0 Å². The molecule has 0 saturated heterocycles. The van der Waals surface area contributed by atoms with Crippen LogP contribution in [0.4, 0.5) is 0 Å². The van der Waals surface area contributed by atoms with Gasteiger partial charge in [-0.15, -0.1) is 0 Å². The largest absolute Gasteiger partial charge is 0.294 e. The first-order valence-corrected chi connectivity index (χ1v) is 19.2. The molecule has 8 bridgehead atoms. The molecule has 1 fully saturated rings. The van der Waals surface area contributed by atoms with Gasteiger partial charge >= 0.3 is 0 Å². The molecule has 0 amide bonds. The smallest absolute Gasteiger partial charge is 0.167 e. The number of carbonyl (C=O) groups excluding carboxylic acids is 2. The van der Waals surface area contributed by atoms with Gasteiger partial charge in [-0.3, -0.25) is 9.59 Å². The van der Waals surface area contributed by atoms with Gasteiger partial charge < -0.3 is 0 Å². The monoisotopic (exact) mass is 676 g/mol. The van der Waals surface area contributed by atoms with Gasteiger partial charge in [-0.1, -0.05) is 146 Å². The highest BCUT2D eigenvalue weighted by Crippen LogP contribution is 2.61. The van der Waals surface area contributed by atoms with Crippen molar-refractivity contribution >= 4 is 11.6 Å². The zero-order chi connectivity index (χ0) is 35.0. The SMILES string of the molecule is O=C(c1ccccc1)C1C(c2cc3ccc2CCc2ccc(cc2)CC3)C(C(=O)c2ccccc2)C1c1cc2ccc1CCc1ccc(cc1)CC2. The van der Waals surface area contributed by atoms with Crippen LogP contribution < -0.4 is 0 Å². The van der Waals surface area contributed by atoms with Crippen LogP contribution in [0, 0.1) is 11.8 Å². The van der Waals surface area contributed by atoms with Crippen molar-refractivity contribution in [3.63, 3.8) is 0 Å². The number of rotatable bonds is 6. The van der Waals surface area contributed by atoms with Gasteiger partial charge in [-0.05, 0) is 107 Å². The van der Waals surface area contributed by atoms with Gasteiger partial charge in [0.15, 0.2) is 11.6 Å². The number of hydrogen-bond acceptors (Lipinski definition) is 2. The molecule has 0 N–H and O–H groups in total. The van der Waals surface area contributed by atoms with E-state index in [1.165, 1.54) is 55.6 Å². The van der Waals surface area contributed by atoms with Gasteiger partial charge in [0.05, 0.1) is 0 Å². The molecule has 0 atom stereocenters. The predicted molar refractivity (Wildman–Crippen MR) is 209 cm³/mol. The molecule has 0 aliphatic heterocycles. The van der Waals surface area contributed by atoms with Crippen molar-refractivity contribution in [3.8, 4) is 0 Å². The highest BCUT2D eigenvalue weighted by molar-refractivity contribution is 6.05. The Morgan fingerprint density at radius 1 is 0.346 bits per heavy atom. The second-order valence-corrected chi connectivity index (χ2v) is 15.3. The summed E-state index contributed by atoms with van der Waals surface area (Å²) in [6.07, 6.45) is 7.35. The van der Waals surface area contributed by atoms with Crippen LogP contribution in [-0.2, 0) is 51.4 Å². The summed E-state index contributed by atoms with van der Waals surface area (Å²) in [7, 11) is 0. The van der Waals surface area contributed by atoms with Gasteiger partial charge in [0, 0.05) is 34.8 Å². The molecule has 0 unspecified atom stereocenters. The molecule has 1 saturated carbocycles. The third-order valence-electron chi connectivity index (χ3n) is 12.2. The highest BCUT2D eigenvalue weighted by Gasteiger charge is 2.58. The van der Waals surface area contributed by atoms with Crippen LogP contribution in [0.25, 0.3) is 0 Å². The van der Waals surface area contributed by atoms with Gasteiger partial charge in [0.25, 0.3) is 0 Å². The van der Waals surface area contributed by atoms with Crippen LogP contribution in [-0.4, -0.2) is 11.6 Å². The van der Waals surface area contributed by atoms with E-state index in [0.29, 0.717) is 0 Å². The molecule has 0 heterocycles. The third kappa shape index (κ3) is 6.26. The molecule has 15 rings (SSSR count). The fraction of sp³-hybridized carbons (Fsp3) is 0.240. The standard InChI is InChI=1S/C50H44O2/c51-49(41-7-3-1-4-8-41)47-45(43-31-37-21-19-33-11-15-35(16-12-33)23-27-39(43)29-25-37)48(50(52)42-9-5-2-6-10-42)46(47)44-32-38-22-20-34-13-17-36(18-14-34)24-28-40(44)30-26-38/h1-18,25-26,29-32,45-48H,19-24,27-28H2. The van der Waals surface area contributed by atoms with Crippen LogP contribution in [0.2, 0.25) is 0 Å². The van der Waals surface area contributed by atoms with Crippen LogP contribution in [0.3, 0.4) is 0 Å². The Balaban J connectivity index is 1.22. The summed E-state index contributed by atoms with van der Waals surface area (Å²) in [5, 5.41) is 0. The van der Waals surface area contributed by atoms with E-state index < -0.39 is 0 Å². The Morgan fingerprint density at radius 2 is 0.654 bits per heavy atom. The lowest BCUT2D eigenvalue weighted by Crippen LogP contribution is -2.51. The van der Waals surface area contributed by atoms with Crippen LogP contribution in [0.15, 0.2) is 146 Å². The molecule has 9 aliphatic rings. The summed E-state index contributed by atoms with van der Waals surface area (Å²) < 4.78 is 0. The summed E-state index contributed by atoms with van der Waals surface area (Å²) in [6.45, 7) is 0. The van der Waals surface area contributed by atoms with Crippen molar-refractivity contribution in [2.45, 2.75) is 63.2 Å². The first-order chi connectivity index (χ1) is 25.6. The van der Waals surface area contributed by atoms with Gasteiger partial charge in [0.2, 0.25) is 0 Å². The minimum absolute atomic E-state index is 0.146. The molecule has 256 valence electrons. The summed E-state index contributed by atoms with van der Waals surface area (Å²) in [4.78, 5) is 30.3. The molecule has 52 heavy (non-hydrogen) atoms. The highest BCUT2D eigenvalue weighted by atomic mass is 16.1. The molecule has 6 aromatic rings. The number of carbonyl (C=O) groups is 2. The van der Waals surface area contributed by atoms with Gasteiger partial charge in [0.1, 0.15) is 0 Å². The van der Waals surface area contributed by atoms with Crippen molar-refractivity contribution in [1.82, 2.24) is 0 Å². The topological polar surface area (TPSA) is 34.1 Å². The van der Waals surface area contributed by atoms with Crippen molar-refractivity contribution in [2.24, 2.45) is 11.8 Å². The average molecular weight is 677 g/mol. The number of benzene rings is 6. The normalized spacial score (nSPS) is 20.6. The average Bonchev–Trinajstić information content (AvgIpc) is 3.17. The van der Waals surface area contributed by atoms with E-state index in [1.54, 1.807) is 0 Å². The van der Waals surface area contributed by atoms with Crippen LogP contribution in [0.1, 0.15) is 88.2 Å². The Labute approximate surface area is 307 Å². The number of aryl methyl sites for hydroxylation is 8. The third-order valence-corrected chi connectivity index (χ3v) is 12.2. The maximum atomic E-state index is 15.1. The van der Waals surface area contributed by atoms with E-state index in [1.807, 2.05) is 60.7 Å². The lowest BCUT2D eigenvalue weighted by molar-refractivity contribution is 0.0486. The van der Waals surface area contributed by atoms with Gasteiger partial charge in [-0.2, -0.15) is 0 Å². The molecule has 6 aromatic carbocycles. The first kappa shape index (κ1) is 32.6. The van der Waals surface area contributed by atoms with Crippen molar-refractivity contribution < 1.29 is 9.59 Å². The Morgan fingerprint density at radius 3 is 1.02 bits per heavy atom. The first-order valence-electron chi connectivity index (χ1n) is 19.2. The summed E-state index contributed by atoms with van der Waals surface area (Å²) >= 11 is 0. The number of ketones is 2. The molecule has 0 radical (unpaired) electrons. The Hall–Kier alpha value is -5.34. The molecule has 2 nitrogen and oxygen atoms in total. The fourth-order valence-corrected chi connectivity index (χ4v) is 9.32. The summed E-state index contributed by atoms with van der Waals surface area (Å²) in [6, 6.07) is 51.7. The molecule has 2 heteroatoms. The fourth-order valence-electron chi connectivity index (χ4n) is 9.32. The van der Waals surface area contributed by atoms with E-state index in [0.717, 1.165) is 62.5 Å². The van der Waals surface area contributed by atoms with Crippen LogP contribution >= 0.6 is 0 Å².